The zero-order valence-electron chi connectivity index (χ0n) is 12.4. The Bertz CT molecular complexity index is 714. The monoisotopic (exact) mass is 360 g/mol. The maximum atomic E-state index is 13.0. The van der Waals surface area contributed by atoms with Crippen LogP contribution in [0.15, 0.2) is 23.1 Å². The smallest absolute Gasteiger partial charge is 0.290 e. The Balaban J connectivity index is 1.96. The van der Waals surface area contributed by atoms with Crippen molar-refractivity contribution in [3.05, 3.63) is 33.3 Å². The van der Waals surface area contributed by atoms with E-state index in [-0.39, 0.29) is 21.9 Å². The highest BCUT2D eigenvalue weighted by atomic mass is 35.5. The van der Waals surface area contributed by atoms with E-state index in [9.17, 15) is 18.5 Å². The topological polar surface area (TPSA) is 89.8 Å². The van der Waals surface area contributed by atoms with E-state index < -0.39 is 20.6 Å². The van der Waals surface area contributed by atoms with E-state index in [4.69, 9.17) is 16.3 Å². The van der Waals surface area contributed by atoms with E-state index in [0.717, 1.165) is 25.3 Å². The lowest BCUT2D eigenvalue weighted by Crippen LogP contribution is -2.37. The first-order valence-electron chi connectivity index (χ1n) is 7.43. The van der Waals surface area contributed by atoms with Crippen molar-refractivity contribution >= 4 is 27.3 Å². The van der Waals surface area contributed by atoms with Crippen molar-refractivity contribution in [2.24, 2.45) is 5.92 Å². The Morgan fingerprint density at radius 2 is 2.09 bits per heavy atom. The fraction of sp³-hybridized carbons (Fsp3) is 0.571. The number of halogens is 1. The number of hydrogen-bond acceptors (Lipinski definition) is 5. The van der Waals surface area contributed by atoms with Crippen LogP contribution in [0.5, 0.6) is 0 Å². The van der Waals surface area contributed by atoms with Crippen molar-refractivity contribution < 1.29 is 18.1 Å². The Morgan fingerprint density at radius 1 is 1.35 bits per heavy atom. The fourth-order valence-corrected chi connectivity index (χ4v) is 4.83. The van der Waals surface area contributed by atoms with E-state index in [1.807, 2.05) is 0 Å². The summed E-state index contributed by atoms with van der Waals surface area (Å²) in [5.74, 6) is 0.136. The van der Waals surface area contributed by atoms with Crippen LogP contribution in [0.1, 0.15) is 19.3 Å². The standard InChI is InChI=1S/C14H17ClN2O5S/c15-11-1-4-14(13(7-11)17(18)19)23(20,21)16(12-2-3-12)8-10-5-6-22-9-10/h1,4,7,10,12H,2-3,5-6,8-9H2/t10-/m1/s1. The van der Waals surface area contributed by atoms with Gasteiger partial charge in [-0.05, 0) is 37.3 Å². The lowest BCUT2D eigenvalue weighted by atomic mass is 10.1. The lowest BCUT2D eigenvalue weighted by Gasteiger charge is -2.24. The van der Waals surface area contributed by atoms with Crippen molar-refractivity contribution in [2.45, 2.75) is 30.2 Å². The third-order valence-corrected chi connectivity index (χ3v) is 6.32. The van der Waals surface area contributed by atoms with E-state index in [1.54, 1.807) is 0 Å². The maximum Gasteiger partial charge on any atom is 0.290 e. The average Bonchev–Trinajstić information content (AvgIpc) is 3.20. The molecule has 1 saturated carbocycles. The number of nitrogens with zero attached hydrogens (tertiary/aromatic N) is 2. The van der Waals surface area contributed by atoms with Gasteiger partial charge in [-0.1, -0.05) is 11.6 Å². The quantitative estimate of drug-likeness (QED) is 0.574. The summed E-state index contributed by atoms with van der Waals surface area (Å²) in [6.45, 7) is 1.50. The van der Waals surface area contributed by atoms with Gasteiger partial charge in [-0.15, -0.1) is 0 Å². The second-order valence-electron chi connectivity index (χ2n) is 5.90. The Labute approximate surface area is 139 Å². The van der Waals surface area contributed by atoms with Crippen LogP contribution in [-0.2, 0) is 14.8 Å². The van der Waals surface area contributed by atoms with Crippen LogP contribution in [0, 0.1) is 16.0 Å². The second-order valence-corrected chi connectivity index (χ2v) is 8.20. The molecule has 9 heteroatoms. The molecule has 1 saturated heterocycles. The molecule has 1 aliphatic heterocycles. The number of rotatable bonds is 6. The molecule has 0 bridgehead atoms. The number of benzene rings is 1. The molecule has 23 heavy (non-hydrogen) atoms. The summed E-state index contributed by atoms with van der Waals surface area (Å²) in [6.07, 6.45) is 2.38. The van der Waals surface area contributed by atoms with Gasteiger partial charge in [0.2, 0.25) is 10.0 Å². The van der Waals surface area contributed by atoms with Crippen LogP contribution in [0.3, 0.4) is 0 Å². The van der Waals surface area contributed by atoms with Crippen LogP contribution < -0.4 is 0 Å². The highest BCUT2D eigenvalue weighted by molar-refractivity contribution is 7.89. The minimum Gasteiger partial charge on any atom is -0.381 e. The SMILES string of the molecule is O=[N+]([O-])c1cc(Cl)ccc1S(=O)(=O)N(C[C@H]1CCOC1)C1CC1. The van der Waals surface area contributed by atoms with E-state index >= 15 is 0 Å². The van der Waals surface area contributed by atoms with Gasteiger partial charge in [0.05, 0.1) is 11.5 Å². The molecule has 2 fully saturated rings. The van der Waals surface area contributed by atoms with Crippen molar-refractivity contribution in [1.82, 2.24) is 4.31 Å². The average molecular weight is 361 g/mol. The molecular weight excluding hydrogens is 344 g/mol. The Hall–Kier alpha value is -1.22. The largest absolute Gasteiger partial charge is 0.381 e. The van der Waals surface area contributed by atoms with E-state index in [0.29, 0.717) is 19.8 Å². The summed E-state index contributed by atoms with van der Waals surface area (Å²) in [6, 6.07) is 3.59. The zero-order chi connectivity index (χ0) is 16.6. The number of sulfonamides is 1. The van der Waals surface area contributed by atoms with Gasteiger partial charge in [0, 0.05) is 30.3 Å². The molecule has 1 aromatic rings. The number of ether oxygens (including phenoxy) is 1. The highest BCUT2D eigenvalue weighted by Gasteiger charge is 2.42. The van der Waals surface area contributed by atoms with Crippen LogP contribution in [0.2, 0.25) is 5.02 Å². The molecule has 0 radical (unpaired) electrons. The molecule has 1 heterocycles. The molecule has 7 nitrogen and oxygen atoms in total. The summed E-state index contributed by atoms with van der Waals surface area (Å²) in [4.78, 5) is 10.2. The van der Waals surface area contributed by atoms with Gasteiger partial charge in [0.1, 0.15) is 0 Å². The summed E-state index contributed by atoms with van der Waals surface area (Å²) in [7, 11) is -3.94. The Kier molecular flexibility index (Phi) is 4.59. The van der Waals surface area contributed by atoms with Crippen LogP contribution in [-0.4, -0.2) is 43.4 Å². The molecule has 0 spiro atoms. The maximum absolute atomic E-state index is 13.0. The first-order valence-corrected chi connectivity index (χ1v) is 9.25. The summed E-state index contributed by atoms with van der Waals surface area (Å²) in [5.41, 5.74) is -0.481. The molecule has 126 valence electrons. The van der Waals surface area contributed by atoms with Gasteiger partial charge >= 0.3 is 0 Å². The molecule has 0 unspecified atom stereocenters. The molecule has 0 aromatic heterocycles. The first kappa shape index (κ1) is 16.6. The second kappa shape index (κ2) is 6.35. The molecule has 1 atom stereocenters. The van der Waals surface area contributed by atoms with Gasteiger partial charge in [-0.3, -0.25) is 10.1 Å². The molecule has 1 aromatic carbocycles. The highest BCUT2D eigenvalue weighted by Crippen LogP contribution is 2.37. The number of hydrogen-bond donors (Lipinski definition) is 0. The summed E-state index contributed by atoms with van der Waals surface area (Å²) < 4.78 is 32.7. The van der Waals surface area contributed by atoms with Gasteiger partial charge < -0.3 is 4.74 Å². The lowest BCUT2D eigenvalue weighted by molar-refractivity contribution is -0.387. The van der Waals surface area contributed by atoms with Gasteiger partial charge in [0.25, 0.3) is 5.69 Å². The minimum absolute atomic E-state index is 0.0733. The first-order chi connectivity index (χ1) is 10.9. The van der Waals surface area contributed by atoms with E-state index in [1.165, 1.54) is 16.4 Å². The number of nitro benzene ring substituents is 1. The molecule has 0 N–H and O–H groups in total. The Morgan fingerprint density at radius 3 is 2.65 bits per heavy atom. The number of nitro groups is 1. The van der Waals surface area contributed by atoms with Crippen molar-refractivity contribution in [3.63, 3.8) is 0 Å². The summed E-state index contributed by atoms with van der Waals surface area (Å²) in [5, 5.41) is 11.4. The zero-order valence-corrected chi connectivity index (χ0v) is 13.9. The van der Waals surface area contributed by atoms with Crippen molar-refractivity contribution in [2.75, 3.05) is 19.8 Å². The molecular formula is C14H17ClN2O5S. The third-order valence-electron chi connectivity index (χ3n) is 4.12. The van der Waals surface area contributed by atoms with Crippen LogP contribution >= 0.6 is 11.6 Å². The van der Waals surface area contributed by atoms with Crippen molar-refractivity contribution in [1.29, 1.82) is 0 Å². The van der Waals surface area contributed by atoms with Crippen molar-refractivity contribution in [3.8, 4) is 0 Å². The predicted octanol–water partition coefficient (Wildman–Crippen LogP) is 2.44. The van der Waals surface area contributed by atoms with Gasteiger partial charge in [-0.2, -0.15) is 4.31 Å². The predicted molar refractivity (Wildman–Crippen MR) is 83.9 cm³/mol. The molecule has 3 rings (SSSR count). The van der Waals surface area contributed by atoms with Gasteiger partial charge in [0.15, 0.2) is 4.90 Å². The molecule has 0 amide bonds. The summed E-state index contributed by atoms with van der Waals surface area (Å²) >= 11 is 5.77. The fourth-order valence-electron chi connectivity index (χ4n) is 2.77. The molecule has 1 aliphatic carbocycles. The normalized spacial score (nSPS) is 21.7. The van der Waals surface area contributed by atoms with E-state index in [2.05, 4.69) is 0 Å². The minimum atomic E-state index is -3.94. The van der Waals surface area contributed by atoms with Crippen LogP contribution in [0.25, 0.3) is 0 Å². The third kappa shape index (κ3) is 3.50. The molecule has 2 aliphatic rings. The van der Waals surface area contributed by atoms with Gasteiger partial charge in [-0.25, -0.2) is 8.42 Å². The van der Waals surface area contributed by atoms with Crippen LogP contribution in [0.4, 0.5) is 5.69 Å².